The third-order valence-corrected chi connectivity index (χ3v) is 4.69. The van der Waals surface area contributed by atoms with Gasteiger partial charge in [-0.1, -0.05) is 42.5 Å². The molecule has 1 heterocycles. The fourth-order valence-corrected chi connectivity index (χ4v) is 3.10. The summed E-state index contributed by atoms with van der Waals surface area (Å²) in [4.78, 5) is 12.4. The van der Waals surface area contributed by atoms with Crippen LogP contribution >= 0.6 is 22.6 Å². The zero-order chi connectivity index (χ0) is 16.9. The maximum atomic E-state index is 12.4. The number of rotatable bonds is 4. The van der Waals surface area contributed by atoms with Gasteiger partial charge in [0, 0.05) is 15.7 Å². The average Bonchev–Trinajstić information content (AvgIpc) is 2.62. The van der Waals surface area contributed by atoms with Crippen molar-refractivity contribution in [1.29, 1.82) is 0 Å². The number of ether oxygens (including phenoxy) is 1. The second-order valence-electron chi connectivity index (χ2n) is 5.45. The highest BCUT2D eigenvalue weighted by Gasteiger charge is 2.17. The Morgan fingerprint density at radius 2 is 1.75 bits per heavy atom. The molecule has 4 heteroatoms. The zero-order valence-corrected chi connectivity index (χ0v) is 15.4. The van der Waals surface area contributed by atoms with Crippen LogP contribution in [0.4, 0.5) is 0 Å². The maximum Gasteiger partial charge on any atom is 0.338 e. The van der Waals surface area contributed by atoms with Crippen LogP contribution in [-0.4, -0.2) is 5.97 Å². The van der Waals surface area contributed by atoms with Gasteiger partial charge >= 0.3 is 5.97 Å². The summed E-state index contributed by atoms with van der Waals surface area (Å²) < 4.78 is 8.57. The molecule has 2 aromatic carbocycles. The number of carbonyl (C=O) groups is 1. The summed E-state index contributed by atoms with van der Waals surface area (Å²) in [7, 11) is 1.97. The molecule has 3 aromatic rings. The molecule has 0 atom stereocenters. The SMILES string of the molecule is C[n+]1ccc(C(=O)OCc2ccccc2)cc1-c1ccccc1I. The van der Waals surface area contributed by atoms with Gasteiger partial charge in [-0.15, -0.1) is 0 Å². The molecule has 0 aliphatic heterocycles. The molecule has 3 rings (SSSR count). The van der Waals surface area contributed by atoms with E-state index in [0.29, 0.717) is 5.56 Å². The summed E-state index contributed by atoms with van der Waals surface area (Å²) in [5.74, 6) is -0.313. The van der Waals surface area contributed by atoms with Gasteiger partial charge in [0.1, 0.15) is 13.7 Å². The van der Waals surface area contributed by atoms with Gasteiger partial charge in [-0.2, -0.15) is 0 Å². The molecule has 0 saturated heterocycles. The van der Waals surface area contributed by atoms with Gasteiger partial charge in [-0.3, -0.25) is 0 Å². The quantitative estimate of drug-likeness (QED) is 0.354. The third-order valence-electron chi connectivity index (χ3n) is 3.75. The van der Waals surface area contributed by atoms with Crippen molar-refractivity contribution in [2.45, 2.75) is 6.61 Å². The molecule has 0 bridgehead atoms. The van der Waals surface area contributed by atoms with Crippen LogP contribution in [0.25, 0.3) is 11.3 Å². The van der Waals surface area contributed by atoms with E-state index < -0.39 is 0 Å². The topological polar surface area (TPSA) is 30.2 Å². The lowest BCUT2D eigenvalue weighted by atomic mass is 10.1. The second kappa shape index (κ2) is 7.57. The number of benzene rings is 2. The zero-order valence-electron chi connectivity index (χ0n) is 13.3. The number of hydrogen-bond acceptors (Lipinski definition) is 2. The summed E-state index contributed by atoms with van der Waals surface area (Å²) in [5.41, 5.74) is 3.61. The van der Waals surface area contributed by atoms with Gasteiger partial charge in [0.05, 0.1) is 11.1 Å². The number of halogens is 1. The number of nitrogens with zero attached hydrogens (tertiary/aromatic N) is 1. The van der Waals surface area contributed by atoms with Crippen LogP contribution in [0.5, 0.6) is 0 Å². The first kappa shape index (κ1) is 16.6. The summed E-state index contributed by atoms with van der Waals surface area (Å²) in [6.07, 6.45) is 1.89. The minimum atomic E-state index is -0.313. The minimum Gasteiger partial charge on any atom is -0.457 e. The molecular formula is C20H17INO2+. The molecule has 120 valence electrons. The molecule has 3 nitrogen and oxygen atoms in total. The van der Waals surface area contributed by atoms with E-state index in [1.165, 1.54) is 0 Å². The van der Waals surface area contributed by atoms with Crippen molar-refractivity contribution >= 4 is 28.6 Å². The van der Waals surface area contributed by atoms with Crippen molar-refractivity contribution in [2.75, 3.05) is 0 Å². The van der Waals surface area contributed by atoms with Crippen molar-refractivity contribution in [3.05, 3.63) is 87.6 Å². The number of esters is 1. The highest BCUT2D eigenvalue weighted by atomic mass is 127. The highest BCUT2D eigenvalue weighted by Crippen LogP contribution is 2.23. The smallest absolute Gasteiger partial charge is 0.338 e. The first-order valence-corrected chi connectivity index (χ1v) is 8.68. The fourth-order valence-electron chi connectivity index (χ4n) is 2.44. The summed E-state index contributed by atoms with van der Waals surface area (Å²) in [6.45, 7) is 0.277. The van der Waals surface area contributed by atoms with E-state index in [2.05, 4.69) is 34.7 Å². The van der Waals surface area contributed by atoms with Crippen molar-refractivity contribution in [2.24, 2.45) is 7.05 Å². The predicted molar refractivity (Wildman–Crippen MR) is 101 cm³/mol. The van der Waals surface area contributed by atoms with Crippen LogP contribution in [0.15, 0.2) is 72.9 Å². The average molecular weight is 430 g/mol. The van der Waals surface area contributed by atoms with Crippen LogP contribution in [0.2, 0.25) is 0 Å². The third kappa shape index (κ3) is 3.82. The predicted octanol–water partition coefficient (Wildman–Crippen LogP) is 4.14. The number of aromatic nitrogens is 1. The molecule has 0 unspecified atom stereocenters. The lowest BCUT2D eigenvalue weighted by Gasteiger charge is -2.07. The first-order valence-electron chi connectivity index (χ1n) is 7.61. The standard InChI is InChI=1S/C20H17INO2/c1-22-12-11-16(13-19(22)17-9-5-6-10-18(17)21)20(23)24-14-15-7-3-2-4-8-15/h2-13H,14H2,1H3/q+1. The lowest BCUT2D eigenvalue weighted by Crippen LogP contribution is -2.31. The van der Waals surface area contributed by atoms with Crippen LogP contribution in [0, 0.1) is 3.57 Å². The number of aryl methyl sites for hydroxylation is 1. The van der Waals surface area contributed by atoms with Gasteiger partial charge in [-0.05, 0) is 40.3 Å². The summed E-state index contributed by atoms with van der Waals surface area (Å²) >= 11 is 2.30. The first-order chi connectivity index (χ1) is 11.6. The molecule has 0 aliphatic rings. The van der Waals surface area contributed by atoms with Gasteiger partial charge in [-0.25, -0.2) is 9.36 Å². The Hall–Kier alpha value is -2.21. The van der Waals surface area contributed by atoms with E-state index in [9.17, 15) is 4.79 Å². The summed E-state index contributed by atoms with van der Waals surface area (Å²) in [5, 5.41) is 0. The van der Waals surface area contributed by atoms with Crippen molar-refractivity contribution in [3.8, 4) is 11.3 Å². The Kier molecular flexibility index (Phi) is 5.25. The van der Waals surface area contributed by atoms with Crippen LogP contribution < -0.4 is 4.57 Å². The number of carbonyl (C=O) groups excluding carboxylic acids is 1. The largest absolute Gasteiger partial charge is 0.457 e. The van der Waals surface area contributed by atoms with E-state index in [1.807, 2.05) is 66.3 Å². The van der Waals surface area contributed by atoms with Gasteiger partial charge in [0.2, 0.25) is 5.69 Å². The van der Waals surface area contributed by atoms with Gasteiger partial charge in [0.25, 0.3) is 0 Å². The molecule has 0 spiro atoms. The van der Waals surface area contributed by atoms with Gasteiger partial charge < -0.3 is 4.74 Å². The van der Waals surface area contributed by atoms with Crippen LogP contribution in [-0.2, 0) is 18.4 Å². The Morgan fingerprint density at radius 1 is 1.04 bits per heavy atom. The van der Waals surface area contributed by atoms with E-state index >= 15 is 0 Å². The molecule has 1 aromatic heterocycles. The highest BCUT2D eigenvalue weighted by molar-refractivity contribution is 14.1. The van der Waals surface area contributed by atoms with Crippen molar-refractivity contribution < 1.29 is 14.1 Å². The molecule has 0 aliphatic carbocycles. The molecule has 0 radical (unpaired) electrons. The number of pyridine rings is 1. The normalized spacial score (nSPS) is 10.4. The van der Waals surface area contributed by atoms with Crippen LogP contribution in [0.3, 0.4) is 0 Å². The number of hydrogen-bond donors (Lipinski definition) is 0. The maximum absolute atomic E-state index is 12.4. The molecule has 0 N–H and O–H groups in total. The molecular weight excluding hydrogens is 413 g/mol. The Morgan fingerprint density at radius 3 is 2.50 bits per heavy atom. The lowest BCUT2D eigenvalue weighted by molar-refractivity contribution is -0.660. The summed E-state index contributed by atoms with van der Waals surface area (Å²) in [6, 6.07) is 21.5. The molecule has 24 heavy (non-hydrogen) atoms. The van der Waals surface area contributed by atoms with E-state index in [4.69, 9.17) is 4.74 Å². The molecule has 0 amide bonds. The van der Waals surface area contributed by atoms with E-state index in [-0.39, 0.29) is 12.6 Å². The Balaban J connectivity index is 1.83. The van der Waals surface area contributed by atoms with E-state index in [0.717, 1.165) is 20.4 Å². The Labute approximate surface area is 155 Å². The minimum absolute atomic E-state index is 0.277. The monoisotopic (exact) mass is 430 g/mol. The van der Waals surface area contributed by atoms with Crippen LogP contribution in [0.1, 0.15) is 15.9 Å². The van der Waals surface area contributed by atoms with Crippen molar-refractivity contribution in [1.82, 2.24) is 0 Å². The van der Waals surface area contributed by atoms with E-state index in [1.54, 1.807) is 6.07 Å². The Bertz CT molecular complexity index is 863. The molecule has 0 saturated carbocycles. The van der Waals surface area contributed by atoms with Crippen molar-refractivity contribution in [3.63, 3.8) is 0 Å². The fraction of sp³-hybridized carbons (Fsp3) is 0.100. The second-order valence-corrected chi connectivity index (χ2v) is 6.62. The molecule has 0 fully saturated rings. The van der Waals surface area contributed by atoms with Gasteiger partial charge in [0.15, 0.2) is 6.20 Å².